The lowest BCUT2D eigenvalue weighted by Gasteiger charge is -2.11. The van der Waals surface area contributed by atoms with E-state index in [1.165, 1.54) is 5.56 Å². The molecule has 0 spiro atoms. The minimum absolute atomic E-state index is 0.104. The predicted octanol–water partition coefficient (Wildman–Crippen LogP) is 3.20. The molecular weight excluding hydrogens is 278 g/mol. The molecule has 0 bridgehead atoms. The summed E-state index contributed by atoms with van der Waals surface area (Å²) in [5, 5.41) is 2.90. The Kier molecular flexibility index (Phi) is 5.42. The number of amides is 1. The highest BCUT2D eigenvalue weighted by molar-refractivity contribution is 5.94. The maximum atomic E-state index is 12.2. The van der Waals surface area contributed by atoms with Crippen molar-refractivity contribution >= 4 is 5.91 Å². The molecule has 2 aromatic carbocycles. The summed E-state index contributed by atoms with van der Waals surface area (Å²) in [5.41, 5.74) is 2.74. The van der Waals surface area contributed by atoms with Crippen LogP contribution in [0.1, 0.15) is 28.4 Å². The second kappa shape index (κ2) is 7.50. The van der Waals surface area contributed by atoms with E-state index in [9.17, 15) is 4.79 Å². The molecular formula is C18H21NO3. The summed E-state index contributed by atoms with van der Waals surface area (Å²) >= 11 is 0. The van der Waals surface area contributed by atoms with Gasteiger partial charge in [0.15, 0.2) is 0 Å². The zero-order valence-electron chi connectivity index (χ0n) is 13.2. The molecule has 2 aromatic rings. The maximum absolute atomic E-state index is 12.2. The molecule has 1 N–H and O–H groups in total. The summed E-state index contributed by atoms with van der Waals surface area (Å²) in [6.45, 7) is 2.47. The van der Waals surface area contributed by atoms with Crippen LogP contribution in [-0.2, 0) is 13.0 Å². The van der Waals surface area contributed by atoms with E-state index in [4.69, 9.17) is 9.47 Å². The van der Waals surface area contributed by atoms with Gasteiger partial charge >= 0.3 is 0 Å². The highest BCUT2D eigenvalue weighted by Crippen LogP contribution is 2.23. The fraction of sp³-hybridized carbons (Fsp3) is 0.278. The van der Waals surface area contributed by atoms with Crippen molar-refractivity contribution in [3.63, 3.8) is 0 Å². The van der Waals surface area contributed by atoms with Gasteiger partial charge in [-0.25, -0.2) is 0 Å². The highest BCUT2D eigenvalue weighted by Gasteiger charge is 2.09. The summed E-state index contributed by atoms with van der Waals surface area (Å²) < 4.78 is 10.5. The van der Waals surface area contributed by atoms with Gasteiger partial charge in [0.25, 0.3) is 5.91 Å². The number of nitrogens with one attached hydrogen (secondary N) is 1. The predicted molar refractivity (Wildman–Crippen MR) is 86.5 cm³/mol. The maximum Gasteiger partial charge on any atom is 0.251 e. The van der Waals surface area contributed by atoms with Gasteiger partial charge in [0, 0.05) is 17.7 Å². The number of methoxy groups -OCH3 is 2. The third-order valence-electron chi connectivity index (χ3n) is 3.55. The van der Waals surface area contributed by atoms with Crippen LogP contribution < -0.4 is 14.8 Å². The highest BCUT2D eigenvalue weighted by atomic mass is 16.5. The van der Waals surface area contributed by atoms with Crippen molar-refractivity contribution in [1.82, 2.24) is 5.32 Å². The molecule has 22 heavy (non-hydrogen) atoms. The number of hydrogen-bond donors (Lipinski definition) is 1. The second-order valence-electron chi connectivity index (χ2n) is 4.91. The van der Waals surface area contributed by atoms with Crippen LogP contribution in [0.3, 0.4) is 0 Å². The van der Waals surface area contributed by atoms with E-state index in [2.05, 4.69) is 12.2 Å². The third kappa shape index (κ3) is 3.79. The standard InChI is InChI=1S/C18H21NO3/c1-4-13-5-7-14(8-6-13)18(20)19-12-15-11-16(21-2)9-10-17(15)22-3/h5-11H,4,12H2,1-3H3,(H,19,20). The fourth-order valence-corrected chi connectivity index (χ4v) is 2.19. The smallest absolute Gasteiger partial charge is 0.251 e. The fourth-order valence-electron chi connectivity index (χ4n) is 2.19. The van der Waals surface area contributed by atoms with Crippen LogP contribution in [0.15, 0.2) is 42.5 Å². The van der Waals surface area contributed by atoms with Crippen LogP contribution in [0.5, 0.6) is 11.5 Å². The van der Waals surface area contributed by atoms with E-state index in [0.717, 1.165) is 23.5 Å². The Labute approximate surface area is 131 Å². The molecule has 0 atom stereocenters. The van der Waals surface area contributed by atoms with Crippen LogP contribution in [0.2, 0.25) is 0 Å². The Hall–Kier alpha value is -2.49. The first-order chi connectivity index (χ1) is 10.7. The average Bonchev–Trinajstić information content (AvgIpc) is 2.59. The zero-order valence-corrected chi connectivity index (χ0v) is 13.2. The molecule has 0 aliphatic heterocycles. The van der Waals surface area contributed by atoms with Crippen LogP contribution in [0.4, 0.5) is 0 Å². The SMILES string of the molecule is CCc1ccc(C(=O)NCc2cc(OC)ccc2OC)cc1. The molecule has 0 heterocycles. The summed E-state index contributed by atoms with van der Waals surface area (Å²) in [4.78, 5) is 12.2. The van der Waals surface area contributed by atoms with Crippen molar-refractivity contribution in [2.75, 3.05) is 14.2 Å². The van der Waals surface area contributed by atoms with Gasteiger partial charge in [-0.2, -0.15) is 0 Å². The normalized spacial score (nSPS) is 10.1. The Morgan fingerprint density at radius 1 is 1.05 bits per heavy atom. The molecule has 0 unspecified atom stereocenters. The van der Waals surface area contributed by atoms with E-state index in [1.54, 1.807) is 14.2 Å². The number of hydrogen-bond acceptors (Lipinski definition) is 3. The van der Waals surface area contributed by atoms with Gasteiger partial charge in [-0.15, -0.1) is 0 Å². The molecule has 116 valence electrons. The van der Waals surface area contributed by atoms with Crippen LogP contribution in [0.25, 0.3) is 0 Å². The van der Waals surface area contributed by atoms with Gasteiger partial charge in [-0.3, -0.25) is 4.79 Å². The summed E-state index contributed by atoms with van der Waals surface area (Å²) in [6.07, 6.45) is 0.961. The Morgan fingerprint density at radius 2 is 1.77 bits per heavy atom. The molecule has 1 amide bonds. The van der Waals surface area contributed by atoms with E-state index >= 15 is 0 Å². The lowest BCUT2D eigenvalue weighted by Crippen LogP contribution is -2.23. The van der Waals surface area contributed by atoms with Gasteiger partial charge in [-0.05, 0) is 42.3 Å². The van der Waals surface area contributed by atoms with Crippen molar-refractivity contribution in [3.05, 3.63) is 59.2 Å². The number of carbonyl (C=O) groups is 1. The Balaban J connectivity index is 2.06. The molecule has 0 aliphatic carbocycles. The van der Waals surface area contributed by atoms with Crippen molar-refractivity contribution < 1.29 is 14.3 Å². The van der Waals surface area contributed by atoms with Crippen molar-refractivity contribution in [3.8, 4) is 11.5 Å². The minimum Gasteiger partial charge on any atom is -0.497 e. The first-order valence-electron chi connectivity index (χ1n) is 7.26. The van der Waals surface area contributed by atoms with Gasteiger partial charge in [-0.1, -0.05) is 19.1 Å². The Bertz CT molecular complexity index is 635. The summed E-state index contributed by atoms with van der Waals surface area (Å²) in [7, 11) is 3.22. The number of benzene rings is 2. The lowest BCUT2D eigenvalue weighted by molar-refractivity contribution is 0.0950. The number of ether oxygens (including phenoxy) is 2. The quantitative estimate of drug-likeness (QED) is 0.891. The lowest BCUT2D eigenvalue weighted by atomic mass is 10.1. The largest absolute Gasteiger partial charge is 0.497 e. The molecule has 4 nitrogen and oxygen atoms in total. The van der Waals surface area contributed by atoms with Crippen LogP contribution >= 0.6 is 0 Å². The molecule has 0 aliphatic rings. The molecule has 2 rings (SSSR count). The minimum atomic E-state index is -0.104. The van der Waals surface area contributed by atoms with Crippen molar-refractivity contribution in [2.45, 2.75) is 19.9 Å². The molecule has 0 saturated heterocycles. The molecule has 0 saturated carbocycles. The van der Waals surface area contributed by atoms with Crippen LogP contribution in [0, 0.1) is 0 Å². The third-order valence-corrected chi connectivity index (χ3v) is 3.55. The van der Waals surface area contributed by atoms with E-state index in [0.29, 0.717) is 12.1 Å². The number of rotatable bonds is 6. The van der Waals surface area contributed by atoms with Gasteiger partial charge in [0.05, 0.1) is 14.2 Å². The van der Waals surface area contributed by atoms with Crippen molar-refractivity contribution in [2.24, 2.45) is 0 Å². The van der Waals surface area contributed by atoms with E-state index < -0.39 is 0 Å². The first kappa shape index (κ1) is 15.9. The second-order valence-corrected chi connectivity index (χ2v) is 4.91. The zero-order chi connectivity index (χ0) is 15.9. The summed E-state index contributed by atoms with van der Waals surface area (Å²) in [6, 6.07) is 13.2. The average molecular weight is 299 g/mol. The molecule has 0 radical (unpaired) electrons. The number of aryl methyl sites for hydroxylation is 1. The Morgan fingerprint density at radius 3 is 2.36 bits per heavy atom. The first-order valence-corrected chi connectivity index (χ1v) is 7.26. The molecule has 0 fully saturated rings. The van der Waals surface area contributed by atoms with Gasteiger partial charge in [0.2, 0.25) is 0 Å². The topological polar surface area (TPSA) is 47.6 Å². The van der Waals surface area contributed by atoms with Crippen LogP contribution in [-0.4, -0.2) is 20.1 Å². The van der Waals surface area contributed by atoms with Crippen molar-refractivity contribution in [1.29, 1.82) is 0 Å². The molecule has 0 aromatic heterocycles. The molecule has 4 heteroatoms. The monoisotopic (exact) mass is 299 g/mol. The number of carbonyl (C=O) groups excluding carboxylic acids is 1. The van der Waals surface area contributed by atoms with E-state index in [-0.39, 0.29) is 5.91 Å². The summed E-state index contributed by atoms with van der Waals surface area (Å²) in [5.74, 6) is 1.35. The van der Waals surface area contributed by atoms with Gasteiger partial charge in [0.1, 0.15) is 11.5 Å². The van der Waals surface area contributed by atoms with E-state index in [1.807, 2.05) is 42.5 Å². The van der Waals surface area contributed by atoms with Gasteiger partial charge < -0.3 is 14.8 Å².